The summed E-state index contributed by atoms with van der Waals surface area (Å²) in [5.41, 5.74) is 1.95. The number of rotatable bonds is 6. The summed E-state index contributed by atoms with van der Waals surface area (Å²) in [6.07, 6.45) is -0.657. The van der Waals surface area contributed by atoms with E-state index in [0.717, 1.165) is 5.69 Å². The van der Waals surface area contributed by atoms with Crippen LogP contribution >= 0.6 is 0 Å². The van der Waals surface area contributed by atoms with Crippen molar-refractivity contribution in [3.63, 3.8) is 0 Å². The van der Waals surface area contributed by atoms with Crippen LogP contribution in [-0.2, 0) is 4.79 Å². The van der Waals surface area contributed by atoms with Gasteiger partial charge < -0.3 is 15.3 Å². The van der Waals surface area contributed by atoms with Crippen LogP contribution in [0.15, 0.2) is 18.2 Å². The molecule has 0 aliphatic carbocycles. The van der Waals surface area contributed by atoms with E-state index in [9.17, 15) is 9.90 Å². The average molecular weight is 289 g/mol. The second kappa shape index (κ2) is 7.65. The molecule has 21 heavy (non-hydrogen) atoms. The third-order valence-electron chi connectivity index (χ3n) is 3.12. The van der Waals surface area contributed by atoms with Gasteiger partial charge in [0.15, 0.2) is 0 Å². The number of amides is 1. The first-order valence-corrected chi connectivity index (χ1v) is 7.15. The Kier molecular flexibility index (Phi) is 6.19. The number of benzene rings is 1. The number of hydrogen-bond donors (Lipinski definition) is 2. The van der Waals surface area contributed by atoms with Crippen LogP contribution in [0.2, 0.25) is 0 Å². The van der Waals surface area contributed by atoms with Crippen molar-refractivity contribution in [2.45, 2.75) is 39.8 Å². The first kappa shape index (κ1) is 17.0. The first-order chi connectivity index (χ1) is 9.88. The summed E-state index contributed by atoms with van der Waals surface area (Å²) in [4.78, 5) is 13.8. The fourth-order valence-electron chi connectivity index (χ4n) is 2.15. The normalized spacial score (nSPS) is 11.9. The minimum absolute atomic E-state index is 0.0780. The number of likely N-dealkylation sites (N-methyl/N-ethyl adjacent to an activating group) is 1. The average Bonchev–Trinajstić information content (AvgIpc) is 2.43. The Morgan fingerprint density at radius 2 is 2.10 bits per heavy atom. The second-order valence-electron chi connectivity index (χ2n) is 5.30. The Labute approximate surface area is 126 Å². The molecule has 5 heteroatoms. The molecule has 0 heterocycles. The molecule has 1 aromatic rings. The Morgan fingerprint density at radius 3 is 2.57 bits per heavy atom. The van der Waals surface area contributed by atoms with Gasteiger partial charge in [-0.1, -0.05) is 6.07 Å². The molecule has 5 nitrogen and oxygen atoms in total. The predicted molar refractivity (Wildman–Crippen MR) is 83.0 cm³/mol. The zero-order chi connectivity index (χ0) is 16.0. The Bertz CT molecular complexity index is 533. The summed E-state index contributed by atoms with van der Waals surface area (Å²) in [5, 5.41) is 21.8. The molecular formula is C16H23N3O2. The van der Waals surface area contributed by atoms with Gasteiger partial charge >= 0.3 is 0 Å². The molecule has 1 aromatic carbocycles. The van der Waals surface area contributed by atoms with E-state index < -0.39 is 6.10 Å². The van der Waals surface area contributed by atoms with E-state index in [1.807, 2.05) is 25.7 Å². The van der Waals surface area contributed by atoms with Gasteiger partial charge in [0.1, 0.15) is 0 Å². The van der Waals surface area contributed by atoms with Crippen LogP contribution in [0.3, 0.4) is 0 Å². The monoisotopic (exact) mass is 289 g/mol. The summed E-state index contributed by atoms with van der Waals surface area (Å²) in [7, 11) is 0. The first-order valence-electron chi connectivity index (χ1n) is 7.15. The summed E-state index contributed by atoms with van der Waals surface area (Å²) in [5.74, 6) is -0.0780. The van der Waals surface area contributed by atoms with Crippen LogP contribution < -0.4 is 10.2 Å². The lowest BCUT2D eigenvalue weighted by Gasteiger charge is -2.26. The Morgan fingerprint density at radius 1 is 1.43 bits per heavy atom. The minimum Gasteiger partial charge on any atom is -0.389 e. The molecular weight excluding hydrogens is 266 g/mol. The number of carbonyl (C=O) groups is 1. The zero-order valence-electron chi connectivity index (χ0n) is 13.1. The Balaban J connectivity index is 3.08. The largest absolute Gasteiger partial charge is 0.389 e. The third kappa shape index (κ3) is 4.76. The molecule has 114 valence electrons. The molecule has 0 aliphatic rings. The van der Waals surface area contributed by atoms with E-state index in [4.69, 9.17) is 5.26 Å². The van der Waals surface area contributed by atoms with Crippen LogP contribution in [0, 0.1) is 11.3 Å². The zero-order valence-corrected chi connectivity index (χ0v) is 13.1. The predicted octanol–water partition coefficient (Wildman–Crippen LogP) is 1.96. The number of aliphatic hydroxyl groups is 1. The summed E-state index contributed by atoms with van der Waals surface area (Å²) >= 11 is 0. The molecule has 2 N–H and O–H groups in total. The van der Waals surface area contributed by atoms with Gasteiger partial charge in [0.2, 0.25) is 5.91 Å². The molecule has 0 radical (unpaired) electrons. The van der Waals surface area contributed by atoms with Gasteiger partial charge in [-0.05, 0) is 39.8 Å². The highest BCUT2D eigenvalue weighted by Gasteiger charge is 2.17. The Hall–Kier alpha value is -2.06. The van der Waals surface area contributed by atoms with Crippen molar-refractivity contribution in [2.75, 3.05) is 18.0 Å². The van der Waals surface area contributed by atoms with Crippen molar-refractivity contribution in [2.24, 2.45) is 0 Å². The minimum atomic E-state index is -0.657. The molecule has 0 aromatic heterocycles. The number of hydrogen-bond acceptors (Lipinski definition) is 4. The number of aliphatic hydroxyl groups excluding tert-OH is 1. The van der Waals surface area contributed by atoms with Crippen LogP contribution in [-0.4, -0.2) is 30.1 Å². The maximum absolute atomic E-state index is 12.0. The maximum Gasteiger partial charge on any atom is 0.239 e. The number of nitrogens with zero attached hydrogens (tertiary/aromatic N) is 2. The van der Waals surface area contributed by atoms with Crippen molar-refractivity contribution in [3.05, 3.63) is 29.3 Å². The van der Waals surface area contributed by atoms with Crippen molar-refractivity contribution < 1.29 is 9.90 Å². The molecule has 1 atom stereocenters. The van der Waals surface area contributed by atoms with E-state index >= 15 is 0 Å². The lowest BCUT2D eigenvalue weighted by Crippen LogP contribution is -2.40. The van der Waals surface area contributed by atoms with E-state index in [1.54, 1.807) is 25.1 Å². The van der Waals surface area contributed by atoms with Crippen molar-refractivity contribution >= 4 is 11.6 Å². The smallest absolute Gasteiger partial charge is 0.239 e. The van der Waals surface area contributed by atoms with Crippen LogP contribution in [0.1, 0.15) is 44.9 Å². The van der Waals surface area contributed by atoms with E-state index in [1.165, 1.54) is 0 Å². The van der Waals surface area contributed by atoms with Gasteiger partial charge in [0.25, 0.3) is 0 Å². The molecule has 0 aliphatic heterocycles. The number of nitriles is 1. The highest BCUT2D eigenvalue weighted by molar-refractivity contribution is 5.82. The molecule has 1 amide bonds. The second-order valence-corrected chi connectivity index (χ2v) is 5.30. The quantitative estimate of drug-likeness (QED) is 0.839. The number of anilines is 1. The van der Waals surface area contributed by atoms with Gasteiger partial charge in [0.05, 0.1) is 24.3 Å². The van der Waals surface area contributed by atoms with Crippen molar-refractivity contribution in [1.29, 1.82) is 5.26 Å². The summed E-state index contributed by atoms with van der Waals surface area (Å²) in [6, 6.07) is 7.30. The van der Waals surface area contributed by atoms with Gasteiger partial charge in [-0.25, -0.2) is 0 Å². The van der Waals surface area contributed by atoms with Gasteiger partial charge in [-0.2, -0.15) is 5.26 Å². The molecule has 0 saturated carbocycles. The third-order valence-corrected chi connectivity index (χ3v) is 3.12. The summed E-state index contributed by atoms with van der Waals surface area (Å²) in [6.45, 7) is 8.24. The summed E-state index contributed by atoms with van der Waals surface area (Å²) < 4.78 is 0. The lowest BCUT2D eigenvalue weighted by atomic mass is 10.0. The van der Waals surface area contributed by atoms with Gasteiger partial charge in [0, 0.05) is 23.8 Å². The molecule has 1 rings (SSSR count). The molecule has 0 bridgehead atoms. The van der Waals surface area contributed by atoms with Crippen LogP contribution in [0.4, 0.5) is 5.69 Å². The SMILES string of the molecule is CCN(CC(=O)NC(C)C)c1cc(C#N)ccc1[C@H](C)O. The van der Waals surface area contributed by atoms with E-state index in [-0.39, 0.29) is 18.5 Å². The fraction of sp³-hybridized carbons (Fsp3) is 0.500. The standard InChI is InChI=1S/C16H23N3O2/c1-5-19(10-16(21)18-11(2)3)15-8-13(9-17)6-7-14(15)12(4)20/h6-8,11-12,20H,5,10H2,1-4H3,(H,18,21)/t12-/m0/s1. The molecule has 0 unspecified atom stereocenters. The van der Waals surface area contributed by atoms with Crippen LogP contribution in [0.5, 0.6) is 0 Å². The molecule has 0 saturated heterocycles. The lowest BCUT2D eigenvalue weighted by molar-refractivity contribution is -0.120. The number of nitrogens with one attached hydrogen (secondary N) is 1. The molecule has 0 fully saturated rings. The highest BCUT2D eigenvalue weighted by Crippen LogP contribution is 2.27. The topological polar surface area (TPSA) is 76.4 Å². The van der Waals surface area contributed by atoms with Gasteiger partial charge in [-0.3, -0.25) is 4.79 Å². The van der Waals surface area contributed by atoms with Crippen molar-refractivity contribution in [3.8, 4) is 6.07 Å². The van der Waals surface area contributed by atoms with Gasteiger partial charge in [-0.15, -0.1) is 0 Å². The van der Waals surface area contributed by atoms with E-state index in [2.05, 4.69) is 11.4 Å². The molecule has 0 spiro atoms. The fourth-order valence-corrected chi connectivity index (χ4v) is 2.15. The van der Waals surface area contributed by atoms with E-state index in [0.29, 0.717) is 17.7 Å². The van der Waals surface area contributed by atoms with Crippen LogP contribution in [0.25, 0.3) is 0 Å². The highest BCUT2D eigenvalue weighted by atomic mass is 16.3. The number of carbonyl (C=O) groups excluding carboxylic acids is 1. The van der Waals surface area contributed by atoms with Crippen molar-refractivity contribution in [1.82, 2.24) is 5.32 Å². The maximum atomic E-state index is 12.0.